The number of anilines is 1. The minimum absolute atomic E-state index is 0.0666. The molecule has 0 saturated carbocycles. The number of hydrogen-bond acceptors (Lipinski definition) is 7. The number of ketones is 1. The minimum Gasteiger partial charge on any atom is -0.386 e. The highest BCUT2D eigenvalue weighted by atomic mass is 35.5. The summed E-state index contributed by atoms with van der Waals surface area (Å²) in [6, 6.07) is 10.5. The van der Waals surface area contributed by atoms with Gasteiger partial charge in [-0.05, 0) is 73.3 Å². The summed E-state index contributed by atoms with van der Waals surface area (Å²) in [6.07, 6.45) is 5.44. The Morgan fingerprint density at radius 2 is 1.85 bits per heavy atom. The predicted octanol–water partition coefficient (Wildman–Crippen LogP) is 3.96. The molecule has 8 nitrogen and oxygen atoms in total. The lowest BCUT2D eigenvalue weighted by molar-refractivity contribution is -0.114. The molecule has 2 aromatic carbocycles. The fourth-order valence-corrected chi connectivity index (χ4v) is 6.95. The maximum Gasteiger partial charge on any atom is 0.261 e. The zero-order chi connectivity index (χ0) is 27.5. The van der Waals surface area contributed by atoms with E-state index in [0.717, 1.165) is 43.7 Å². The first-order valence-corrected chi connectivity index (χ1v) is 14.2. The minimum atomic E-state index is -0.865. The summed E-state index contributed by atoms with van der Waals surface area (Å²) in [6.45, 7) is 2.91. The molecule has 2 amide bonds. The van der Waals surface area contributed by atoms with Crippen molar-refractivity contribution < 1.29 is 19.5 Å². The lowest BCUT2D eigenvalue weighted by Gasteiger charge is -2.47. The summed E-state index contributed by atoms with van der Waals surface area (Å²) < 4.78 is 0. The second-order valence-electron chi connectivity index (χ2n) is 11.2. The van der Waals surface area contributed by atoms with Gasteiger partial charge in [0, 0.05) is 35.8 Å². The molecule has 5 aliphatic heterocycles. The summed E-state index contributed by atoms with van der Waals surface area (Å²) in [5, 5.41) is 14.5. The van der Waals surface area contributed by atoms with E-state index < -0.39 is 6.10 Å². The molecule has 2 atom stereocenters. The van der Waals surface area contributed by atoms with Crippen LogP contribution in [0.2, 0.25) is 5.02 Å². The number of nitrogens with zero attached hydrogens (tertiary/aromatic N) is 3. The van der Waals surface area contributed by atoms with E-state index >= 15 is 0 Å². The van der Waals surface area contributed by atoms with Gasteiger partial charge in [0.25, 0.3) is 11.8 Å². The number of amides is 2. The molecule has 40 heavy (non-hydrogen) atoms. The Morgan fingerprint density at radius 3 is 2.58 bits per heavy atom. The zero-order valence-electron chi connectivity index (χ0n) is 21.9. The van der Waals surface area contributed by atoms with Crippen LogP contribution in [0.15, 0.2) is 64.8 Å². The number of Topliss-reactive ketones (excluding diaryl/α,β-unsaturated/α-hetero) is 1. The van der Waals surface area contributed by atoms with Gasteiger partial charge in [-0.25, -0.2) is 0 Å². The van der Waals surface area contributed by atoms with Crippen molar-refractivity contribution in [1.29, 1.82) is 0 Å². The van der Waals surface area contributed by atoms with Crippen LogP contribution in [0.1, 0.15) is 57.2 Å². The Bertz CT molecular complexity index is 1510. The molecule has 2 bridgehead atoms. The van der Waals surface area contributed by atoms with Crippen LogP contribution in [0.3, 0.4) is 0 Å². The number of benzene rings is 2. The van der Waals surface area contributed by atoms with Crippen LogP contribution in [0.4, 0.5) is 5.69 Å². The van der Waals surface area contributed by atoms with E-state index in [2.05, 4.69) is 15.2 Å². The van der Waals surface area contributed by atoms with Gasteiger partial charge in [0.2, 0.25) is 0 Å². The Balaban J connectivity index is 1.15. The number of hydrogen-bond donors (Lipinski definition) is 2. The van der Waals surface area contributed by atoms with E-state index in [9.17, 15) is 19.5 Å². The second kappa shape index (κ2) is 9.80. The second-order valence-corrected chi connectivity index (χ2v) is 11.7. The highest BCUT2D eigenvalue weighted by Gasteiger charge is 2.47. The summed E-state index contributed by atoms with van der Waals surface area (Å²) in [5.74, 6) is -0.133. The van der Waals surface area contributed by atoms with Gasteiger partial charge in [-0.2, -0.15) is 0 Å². The van der Waals surface area contributed by atoms with Crippen LogP contribution in [0, 0.1) is 5.92 Å². The van der Waals surface area contributed by atoms with Crippen molar-refractivity contribution in [2.75, 3.05) is 31.5 Å². The van der Waals surface area contributed by atoms with Gasteiger partial charge in [0.1, 0.15) is 0 Å². The number of fused-ring (bicyclic) bond motifs is 5. The number of imide groups is 1. The molecule has 1 aliphatic carbocycles. The average Bonchev–Trinajstić information content (AvgIpc) is 3.48. The third-order valence-corrected chi connectivity index (χ3v) is 9.07. The zero-order valence-corrected chi connectivity index (χ0v) is 22.7. The highest BCUT2D eigenvalue weighted by molar-refractivity contribution is 6.30. The number of allylic oxidation sites excluding steroid dienone is 4. The summed E-state index contributed by atoms with van der Waals surface area (Å²) >= 11 is 6.06. The van der Waals surface area contributed by atoms with E-state index in [4.69, 9.17) is 11.6 Å². The molecule has 204 valence electrons. The molecule has 0 radical (unpaired) electrons. The number of aliphatic hydroxyl groups excluding tert-OH is 1. The molecule has 0 unspecified atom stereocenters. The van der Waals surface area contributed by atoms with Crippen molar-refractivity contribution >= 4 is 40.6 Å². The van der Waals surface area contributed by atoms with Gasteiger partial charge >= 0.3 is 0 Å². The molecule has 3 saturated heterocycles. The lowest BCUT2D eigenvalue weighted by atomic mass is 9.83. The van der Waals surface area contributed by atoms with Crippen LogP contribution in [-0.4, -0.2) is 70.4 Å². The summed E-state index contributed by atoms with van der Waals surface area (Å²) in [4.78, 5) is 48.5. The topological polar surface area (TPSA) is 102 Å². The molecule has 9 heteroatoms. The molecule has 0 aromatic heterocycles. The van der Waals surface area contributed by atoms with Gasteiger partial charge in [0.15, 0.2) is 5.78 Å². The van der Waals surface area contributed by atoms with E-state index in [-0.39, 0.29) is 36.6 Å². The quantitative estimate of drug-likeness (QED) is 0.437. The first-order valence-electron chi connectivity index (χ1n) is 13.8. The van der Waals surface area contributed by atoms with Crippen molar-refractivity contribution in [3.63, 3.8) is 0 Å². The van der Waals surface area contributed by atoms with Crippen LogP contribution in [0.25, 0.3) is 0 Å². The number of rotatable bonds is 4. The number of aliphatic hydroxyl groups is 1. The number of halogens is 1. The lowest BCUT2D eigenvalue weighted by Crippen LogP contribution is -2.58. The third-order valence-electron chi connectivity index (χ3n) is 8.83. The molecule has 3 fully saturated rings. The molecular weight excluding hydrogens is 528 g/mol. The average molecular weight is 557 g/mol. The SMILES string of the molecule is O=C1CC=CC(=NC[C@@H](O)c2cccc(Cl)c2)C1=C1Cc2cc3c(cc2N1)C(=O)N([C@H]1CN2CCC1CC2)C3=O. The number of aliphatic imine (C=N–C) groups is 1. The number of carbonyl (C=O) groups is 3. The van der Waals surface area contributed by atoms with Gasteiger partial charge in [-0.15, -0.1) is 0 Å². The van der Waals surface area contributed by atoms with E-state index in [1.807, 2.05) is 6.07 Å². The maximum absolute atomic E-state index is 13.5. The molecule has 6 aliphatic rings. The number of carbonyl (C=O) groups excluding carboxylic acids is 3. The van der Waals surface area contributed by atoms with Gasteiger partial charge in [-0.3, -0.25) is 24.3 Å². The van der Waals surface area contributed by atoms with Crippen LogP contribution in [-0.2, 0) is 11.2 Å². The van der Waals surface area contributed by atoms with Crippen LogP contribution in [0.5, 0.6) is 0 Å². The number of piperidine rings is 3. The van der Waals surface area contributed by atoms with Crippen molar-refractivity contribution in [1.82, 2.24) is 9.80 Å². The molecule has 2 N–H and O–H groups in total. The predicted molar refractivity (Wildman–Crippen MR) is 152 cm³/mol. The molecular formula is C31H29ClN4O4. The molecule has 0 spiro atoms. The standard InChI is InChI=1S/C31H29ClN4O4/c32-20-4-1-3-18(11-20)28(38)15-33-23-5-2-6-27(37)29(23)25-13-19-12-21-22(14-24(19)34-25)31(40)36(30(21)39)26-16-35-9-7-17(26)8-10-35/h1-5,11-12,14,17,26,28,34,38H,6-10,13,15-16H2/t26-,28+/m0/s1. The van der Waals surface area contributed by atoms with Gasteiger partial charge in [-0.1, -0.05) is 29.8 Å². The highest BCUT2D eigenvalue weighted by Crippen LogP contribution is 2.40. The first kappa shape index (κ1) is 25.4. The van der Waals surface area contributed by atoms with Crippen molar-refractivity contribution in [3.8, 4) is 0 Å². The maximum atomic E-state index is 13.5. The largest absolute Gasteiger partial charge is 0.386 e. The smallest absolute Gasteiger partial charge is 0.261 e. The normalized spacial score (nSPS) is 28.8. The van der Waals surface area contributed by atoms with Gasteiger partial charge < -0.3 is 15.3 Å². The van der Waals surface area contributed by atoms with E-state index in [0.29, 0.717) is 51.0 Å². The molecule has 5 heterocycles. The molecule has 2 aromatic rings. The van der Waals surface area contributed by atoms with E-state index in [1.54, 1.807) is 42.5 Å². The summed E-state index contributed by atoms with van der Waals surface area (Å²) in [5.41, 5.74) is 4.80. The monoisotopic (exact) mass is 556 g/mol. The van der Waals surface area contributed by atoms with Crippen LogP contribution >= 0.6 is 11.6 Å². The molecule has 8 rings (SSSR count). The van der Waals surface area contributed by atoms with Crippen LogP contribution < -0.4 is 5.32 Å². The third kappa shape index (κ3) is 4.22. The van der Waals surface area contributed by atoms with E-state index in [1.165, 1.54) is 4.90 Å². The van der Waals surface area contributed by atoms with Gasteiger partial charge in [0.05, 0.1) is 41.1 Å². The summed E-state index contributed by atoms with van der Waals surface area (Å²) in [7, 11) is 0. The van der Waals surface area contributed by atoms with Crippen molar-refractivity contribution in [2.45, 2.75) is 37.8 Å². The number of nitrogens with one attached hydrogen (secondary N) is 1. The first-order chi connectivity index (χ1) is 19.4. The Hall–Kier alpha value is -3.59. The Labute approximate surface area is 237 Å². The Morgan fingerprint density at radius 1 is 1.07 bits per heavy atom. The fraction of sp³-hybridized carbons (Fsp3) is 0.355. The van der Waals surface area contributed by atoms with Crippen molar-refractivity contribution in [3.05, 3.63) is 87.1 Å². The fourth-order valence-electron chi connectivity index (χ4n) is 6.75. The Kier molecular flexibility index (Phi) is 6.22. The van der Waals surface area contributed by atoms with Crippen molar-refractivity contribution in [2.24, 2.45) is 10.9 Å².